The largest absolute Gasteiger partial charge is 0.313 e. The molecule has 0 aliphatic rings. The number of aromatic nitrogens is 1. The molecule has 0 spiro atoms. The second-order valence-electron chi connectivity index (χ2n) is 4.72. The van der Waals surface area contributed by atoms with E-state index >= 15 is 0 Å². The lowest BCUT2D eigenvalue weighted by molar-refractivity contribution is -0.118. The summed E-state index contributed by atoms with van der Waals surface area (Å²) in [6, 6.07) is 9.84. The van der Waals surface area contributed by atoms with Crippen LogP contribution in [0, 0.1) is 13.8 Å². The summed E-state index contributed by atoms with van der Waals surface area (Å²) in [5.41, 5.74) is 2.03. The Hall–Kier alpha value is -1.68. The van der Waals surface area contributed by atoms with Gasteiger partial charge in [-0.3, -0.25) is 4.79 Å². The zero-order valence-corrected chi connectivity index (χ0v) is 13.0. The molecule has 0 aliphatic carbocycles. The van der Waals surface area contributed by atoms with Crippen molar-refractivity contribution in [1.29, 1.82) is 0 Å². The lowest BCUT2D eigenvalue weighted by atomic mass is 10.2. The van der Waals surface area contributed by atoms with E-state index in [1.165, 1.54) is 4.88 Å². The smallest absolute Gasteiger partial charge is 0.227 e. The molecule has 1 aromatic heterocycles. The van der Waals surface area contributed by atoms with Gasteiger partial charge in [-0.15, -0.1) is 11.3 Å². The first-order valence-corrected chi connectivity index (χ1v) is 7.71. The molecule has 1 amide bonds. The maximum Gasteiger partial charge on any atom is 0.227 e. The van der Waals surface area contributed by atoms with Gasteiger partial charge in [-0.25, -0.2) is 4.98 Å². The van der Waals surface area contributed by atoms with Gasteiger partial charge in [-0.05, 0) is 39.3 Å². The minimum absolute atomic E-state index is 0.171. The van der Waals surface area contributed by atoms with Gasteiger partial charge in [0.2, 0.25) is 5.91 Å². The van der Waals surface area contributed by atoms with Crippen molar-refractivity contribution in [2.75, 3.05) is 11.4 Å². The molecular formula is C16H20N2OS. The Kier molecular flexibility index (Phi) is 4.90. The van der Waals surface area contributed by atoms with E-state index in [0.717, 1.165) is 22.8 Å². The summed E-state index contributed by atoms with van der Waals surface area (Å²) in [6.07, 6.45) is 1.31. The number of rotatable bonds is 5. The molecule has 3 nitrogen and oxygen atoms in total. The van der Waals surface area contributed by atoms with Crippen LogP contribution in [0.4, 0.5) is 5.69 Å². The Morgan fingerprint density at radius 2 is 1.95 bits per heavy atom. The maximum absolute atomic E-state index is 12.4. The Labute approximate surface area is 124 Å². The van der Waals surface area contributed by atoms with Gasteiger partial charge < -0.3 is 4.90 Å². The summed E-state index contributed by atoms with van der Waals surface area (Å²) >= 11 is 1.69. The summed E-state index contributed by atoms with van der Waals surface area (Å²) < 4.78 is 0. The van der Waals surface area contributed by atoms with Gasteiger partial charge >= 0.3 is 0 Å². The number of hydrogen-bond donors (Lipinski definition) is 0. The van der Waals surface area contributed by atoms with E-state index in [1.54, 1.807) is 11.3 Å². The summed E-state index contributed by atoms with van der Waals surface area (Å²) in [5.74, 6) is 0.171. The van der Waals surface area contributed by atoms with E-state index in [2.05, 4.69) is 4.98 Å². The standard InChI is InChI=1S/C16H20N2OS/c1-4-18(14-8-6-5-7-9-14)16(19)11-10-15-12(2)17-13(3)20-15/h5-9H,4,10-11H2,1-3H3. The fourth-order valence-electron chi connectivity index (χ4n) is 2.27. The number of amides is 1. The van der Waals surface area contributed by atoms with Crippen LogP contribution in [0.25, 0.3) is 0 Å². The molecule has 0 fully saturated rings. The highest BCUT2D eigenvalue weighted by atomic mass is 32.1. The molecule has 2 rings (SSSR count). The molecule has 0 unspecified atom stereocenters. The lowest BCUT2D eigenvalue weighted by Gasteiger charge is -2.20. The Morgan fingerprint density at radius 3 is 2.50 bits per heavy atom. The predicted octanol–water partition coefficient (Wildman–Crippen LogP) is 3.75. The highest BCUT2D eigenvalue weighted by molar-refractivity contribution is 7.11. The van der Waals surface area contributed by atoms with Gasteiger partial charge in [-0.1, -0.05) is 18.2 Å². The fourth-order valence-corrected chi connectivity index (χ4v) is 3.21. The Morgan fingerprint density at radius 1 is 1.25 bits per heavy atom. The van der Waals surface area contributed by atoms with Crippen LogP contribution in [-0.2, 0) is 11.2 Å². The molecule has 0 saturated heterocycles. The Balaban J connectivity index is 2.02. The van der Waals surface area contributed by atoms with Crippen molar-refractivity contribution in [1.82, 2.24) is 4.98 Å². The van der Waals surface area contributed by atoms with E-state index in [1.807, 2.05) is 56.0 Å². The number of nitrogens with zero attached hydrogens (tertiary/aromatic N) is 2. The molecule has 106 valence electrons. The first-order chi connectivity index (χ1) is 9.61. The monoisotopic (exact) mass is 288 g/mol. The molecule has 20 heavy (non-hydrogen) atoms. The number of carbonyl (C=O) groups excluding carboxylic acids is 1. The normalized spacial score (nSPS) is 10.6. The van der Waals surface area contributed by atoms with E-state index in [4.69, 9.17) is 0 Å². The van der Waals surface area contributed by atoms with Crippen molar-refractivity contribution >= 4 is 22.9 Å². The van der Waals surface area contributed by atoms with Crippen LogP contribution in [0.1, 0.15) is 28.9 Å². The molecule has 0 aliphatic heterocycles. The fraction of sp³-hybridized carbons (Fsp3) is 0.375. The van der Waals surface area contributed by atoms with Gasteiger partial charge in [0.25, 0.3) is 0 Å². The quantitative estimate of drug-likeness (QED) is 0.839. The molecule has 0 radical (unpaired) electrons. The van der Waals surface area contributed by atoms with Gasteiger partial charge in [-0.2, -0.15) is 0 Å². The third-order valence-electron chi connectivity index (χ3n) is 3.25. The van der Waals surface area contributed by atoms with Crippen LogP contribution in [-0.4, -0.2) is 17.4 Å². The molecule has 1 aromatic carbocycles. The molecule has 2 aromatic rings. The second kappa shape index (κ2) is 6.66. The highest BCUT2D eigenvalue weighted by Crippen LogP contribution is 2.20. The highest BCUT2D eigenvalue weighted by Gasteiger charge is 2.15. The minimum Gasteiger partial charge on any atom is -0.313 e. The van der Waals surface area contributed by atoms with Crippen molar-refractivity contribution in [3.63, 3.8) is 0 Å². The van der Waals surface area contributed by atoms with Crippen LogP contribution < -0.4 is 4.90 Å². The average molecular weight is 288 g/mol. The van der Waals surface area contributed by atoms with Gasteiger partial charge in [0.15, 0.2) is 0 Å². The number of hydrogen-bond acceptors (Lipinski definition) is 3. The van der Waals surface area contributed by atoms with Crippen molar-refractivity contribution in [2.45, 2.75) is 33.6 Å². The Bertz CT molecular complexity index is 577. The summed E-state index contributed by atoms with van der Waals surface area (Å²) in [4.78, 5) is 19.8. The molecule has 0 bridgehead atoms. The number of carbonyl (C=O) groups is 1. The third kappa shape index (κ3) is 3.45. The van der Waals surface area contributed by atoms with E-state index in [0.29, 0.717) is 13.0 Å². The lowest BCUT2D eigenvalue weighted by Crippen LogP contribution is -2.30. The number of aryl methyl sites for hydroxylation is 3. The van der Waals surface area contributed by atoms with Crippen LogP contribution in [0.3, 0.4) is 0 Å². The van der Waals surface area contributed by atoms with Crippen LogP contribution >= 0.6 is 11.3 Å². The zero-order chi connectivity index (χ0) is 14.5. The molecule has 0 saturated carbocycles. The van der Waals surface area contributed by atoms with Crippen molar-refractivity contribution in [2.24, 2.45) is 0 Å². The van der Waals surface area contributed by atoms with Crippen molar-refractivity contribution in [3.05, 3.63) is 45.9 Å². The summed E-state index contributed by atoms with van der Waals surface area (Å²) in [7, 11) is 0. The van der Waals surface area contributed by atoms with Crippen LogP contribution in [0.15, 0.2) is 30.3 Å². The second-order valence-corrected chi connectivity index (χ2v) is 6.00. The molecule has 1 heterocycles. The minimum atomic E-state index is 0.171. The average Bonchev–Trinajstić information content (AvgIpc) is 2.77. The molecule has 4 heteroatoms. The molecule has 0 N–H and O–H groups in total. The zero-order valence-electron chi connectivity index (χ0n) is 12.2. The van der Waals surface area contributed by atoms with Crippen molar-refractivity contribution < 1.29 is 4.79 Å². The number of benzene rings is 1. The van der Waals surface area contributed by atoms with Crippen molar-refractivity contribution in [3.8, 4) is 0 Å². The first kappa shape index (κ1) is 14.7. The predicted molar refractivity (Wildman–Crippen MR) is 84.4 cm³/mol. The molecular weight excluding hydrogens is 268 g/mol. The molecule has 0 atom stereocenters. The SMILES string of the molecule is CCN(C(=O)CCc1sc(C)nc1C)c1ccccc1. The van der Waals surface area contributed by atoms with E-state index < -0.39 is 0 Å². The number of para-hydroxylation sites is 1. The summed E-state index contributed by atoms with van der Waals surface area (Å²) in [5, 5.41) is 1.07. The first-order valence-electron chi connectivity index (χ1n) is 6.90. The van der Waals surface area contributed by atoms with Crippen LogP contribution in [0.2, 0.25) is 0 Å². The topological polar surface area (TPSA) is 33.2 Å². The van der Waals surface area contributed by atoms with Crippen LogP contribution in [0.5, 0.6) is 0 Å². The maximum atomic E-state index is 12.4. The third-order valence-corrected chi connectivity index (χ3v) is 4.38. The summed E-state index contributed by atoms with van der Waals surface area (Å²) in [6.45, 7) is 6.72. The van der Waals surface area contributed by atoms with Gasteiger partial charge in [0.05, 0.1) is 10.7 Å². The number of anilines is 1. The number of thiazole rings is 1. The van der Waals surface area contributed by atoms with E-state index in [9.17, 15) is 4.79 Å². The van der Waals surface area contributed by atoms with Gasteiger partial charge in [0.1, 0.15) is 0 Å². The van der Waals surface area contributed by atoms with Gasteiger partial charge in [0, 0.05) is 23.5 Å². The van der Waals surface area contributed by atoms with E-state index in [-0.39, 0.29) is 5.91 Å².